The number of fused-ring (bicyclic) bond motifs is 1. The number of nitrogens with zero attached hydrogens (tertiary/aromatic N) is 3. The van der Waals surface area contributed by atoms with Crippen LogP contribution in [0.15, 0.2) is 24.5 Å². The third kappa shape index (κ3) is 4.30. The van der Waals surface area contributed by atoms with E-state index in [0.717, 1.165) is 18.4 Å². The van der Waals surface area contributed by atoms with Gasteiger partial charge in [0.1, 0.15) is 0 Å². The van der Waals surface area contributed by atoms with Crippen LogP contribution in [0.5, 0.6) is 0 Å². The number of ether oxygens (including phenoxy) is 1. The van der Waals surface area contributed by atoms with Crippen LogP contribution in [0.4, 0.5) is 4.79 Å². The van der Waals surface area contributed by atoms with Gasteiger partial charge in [-0.25, -0.2) is 13.2 Å². The molecule has 3 rings (SSSR count). The molecule has 2 fully saturated rings. The highest BCUT2D eigenvalue weighted by molar-refractivity contribution is 7.91. The lowest BCUT2D eigenvalue weighted by atomic mass is 10.0. The number of rotatable bonds is 5. The van der Waals surface area contributed by atoms with Crippen molar-refractivity contribution in [2.24, 2.45) is 0 Å². The number of carbonyl (C=O) groups is 1. The van der Waals surface area contributed by atoms with E-state index in [4.69, 9.17) is 4.74 Å². The van der Waals surface area contributed by atoms with Gasteiger partial charge in [-0.05, 0) is 24.1 Å². The highest BCUT2D eigenvalue weighted by atomic mass is 32.2. The summed E-state index contributed by atoms with van der Waals surface area (Å²) >= 11 is 0. The monoisotopic (exact) mass is 367 g/mol. The first-order valence-electron chi connectivity index (χ1n) is 8.77. The second kappa shape index (κ2) is 7.70. The molecule has 0 N–H and O–H groups in total. The largest absolute Gasteiger partial charge is 0.449 e. The zero-order valence-electron chi connectivity index (χ0n) is 14.5. The maximum absolute atomic E-state index is 12.4. The molecule has 0 saturated carbocycles. The Bertz CT molecular complexity index is 695. The van der Waals surface area contributed by atoms with Crippen LogP contribution in [0.1, 0.15) is 25.3 Å². The molecule has 1 aromatic rings. The summed E-state index contributed by atoms with van der Waals surface area (Å²) in [6, 6.07) is 3.37. The second-order valence-corrected chi connectivity index (χ2v) is 8.85. The van der Waals surface area contributed by atoms with Gasteiger partial charge in [0.15, 0.2) is 9.84 Å². The van der Waals surface area contributed by atoms with Crippen molar-refractivity contribution in [2.75, 3.05) is 31.2 Å². The third-order valence-corrected chi connectivity index (χ3v) is 6.58. The number of carbonyl (C=O) groups excluding carboxylic acids is 1. The normalized spacial score (nSPS) is 25.6. The van der Waals surface area contributed by atoms with Crippen molar-refractivity contribution >= 4 is 15.9 Å². The van der Waals surface area contributed by atoms with E-state index in [1.165, 1.54) is 0 Å². The molecule has 1 amide bonds. The van der Waals surface area contributed by atoms with Crippen molar-refractivity contribution in [3.8, 4) is 0 Å². The Labute approximate surface area is 148 Å². The van der Waals surface area contributed by atoms with Gasteiger partial charge in [0.05, 0.1) is 24.2 Å². The van der Waals surface area contributed by atoms with Crippen LogP contribution >= 0.6 is 0 Å². The molecule has 2 saturated heterocycles. The number of pyridine rings is 1. The van der Waals surface area contributed by atoms with E-state index in [-0.39, 0.29) is 29.7 Å². The summed E-state index contributed by atoms with van der Waals surface area (Å²) in [5.74, 6) is 0.120. The van der Waals surface area contributed by atoms with Crippen LogP contribution in [0.2, 0.25) is 0 Å². The number of hydrogen-bond acceptors (Lipinski definition) is 6. The maximum atomic E-state index is 12.4. The Kier molecular flexibility index (Phi) is 5.58. The van der Waals surface area contributed by atoms with Gasteiger partial charge in [-0.2, -0.15) is 0 Å². The van der Waals surface area contributed by atoms with Gasteiger partial charge >= 0.3 is 6.09 Å². The summed E-state index contributed by atoms with van der Waals surface area (Å²) in [6.45, 7) is 4.22. The van der Waals surface area contributed by atoms with Crippen molar-refractivity contribution in [2.45, 2.75) is 38.4 Å². The van der Waals surface area contributed by atoms with Crippen LogP contribution in [0.25, 0.3) is 0 Å². The summed E-state index contributed by atoms with van der Waals surface area (Å²) in [5, 5.41) is 0. The Hall–Kier alpha value is -1.67. The van der Waals surface area contributed by atoms with E-state index in [1.807, 2.05) is 19.1 Å². The molecule has 138 valence electrons. The molecule has 8 heteroatoms. The van der Waals surface area contributed by atoms with E-state index in [9.17, 15) is 13.2 Å². The number of unbranched alkanes of at least 4 members (excludes halogenated alkanes) is 1. The predicted molar refractivity (Wildman–Crippen MR) is 93.8 cm³/mol. The summed E-state index contributed by atoms with van der Waals surface area (Å²) in [5.41, 5.74) is 1.09. The molecule has 0 radical (unpaired) electrons. The molecule has 3 heterocycles. The van der Waals surface area contributed by atoms with E-state index < -0.39 is 9.84 Å². The van der Waals surface area contributed by atoms with E-state index >= 15 is 0 Å². The molecular weight excluding hydrogens is 342 g/mol. The molecule has 0 unspecified atom stereocenters. The van der Waals surface area contributed by atoms with Gasteiger partial charge in [-0.15, -0.1) is 0 Å². The predicted octanol–water partition coefficient (Wildman–Crippen LogP) is 1.30. The minimum absolute atomic E-state index is 0.0212. The van der Waals surface area contributed by atoms with Crippen molar-refractivity contribution in [1.82, 2.24) is 14.8 Å². The average Bonchev–Trinajstić information content (AvgIpc) is 2.91. The van der Waals surface area contributed by atoms with Crippen molar-refractivity contribution in [3.63, 3.8) is 0 Å². The fourth-order valence-corrected chi connectivity index (χ4v) is 5.57. The third-order valence-electron chi connectivity index (χ3n) is 4.88. The number of sulfone groups is 1. The summed E-state index contributed by atoms with van der Waals surface area (Å²) < 4.78 is 29.7. The molecule has 0 spiro atoms. The van der Waals surface area contributed by atoms with E-state index in [0.29, 0.717) is 26.2 Å². The number of hydrogen-bond donors (Lipinski definition) is 0. The van der Waals surface area contributed by atoms with Gasteiger partial charge < -0.3 is 9.64 Å². The van der Waals surface area contributed by atoms with Gasteiger partial charge in [0, 0.05) is 38.1 Å². The van der Waals surface area contributed by atoms with Crippen molar-refractivity contribution in [1.29, 1.82) is 0 Å². The minimum Gasteiger partial charge on any atom is -0.449 e. The molecule has 2 aliphatic heterocycles. The second-order valence-electron chi connectivity index (χ2n) is 6.70. The van der Waals surface area contributed by atoms with Gasteiger partial charge in [-0.3, -0.25) is 9.88 Å². The molecule has 1 aromatic heterocycles. The highest BCUT2D eigenvalue weighted by Crippen LogP contribution is 2.28. The highest BCUT2D eigenvalue weighted by Gasteiger charge is 2.48. The maximum Gasteiger partial charge on any atom is 0.410 e. The summed E-state index contributed by atoms with van der Waals surface area (Å²) in [7, 11) is -3.15. The Morgan fingerprint density at radius 3 is 2.68 bits per heavy atom. The topological polar surface area (TPSA) is 79.8 Å². The minimum atomic E-state index is -3.15. The van der Waals surface area contributed by atoms with Crippen LogP contribution < -0.4 is 0 Å². The van der Waals surface area contributed by atoms with Gasteiger partial charge in [0.2, 0.25) is 0 Å². The average molecular weight is 367 g/mol. The van der Waals surface area contributed by atoms with Crippen molar-refractivity contribution in [3.05, 3.63) is 30.1 Å². The lowest BCUT2D eigenvalue weighted by Crippen LogP contribution is -2.60. The molecule has 0 aliphatic carbocycles. The zero-order chi connectivity index (χ0) is 17.9. The van der Waals surface area contributed by atoms with Gasteiger partial charge in [-0.1, -0.05) is 13.3 Å². The molecule has 0 bridgehead atoms. The summed E-state index contributed by atoms with van der Waals surface area (Å²) in [6.07, 6.45) is 4.86. The summed E-state index contributed by atoms with van der Waals surface area (Å²) in [4.78, 5) is 20.2. The van der Waals surface area contributed by atoms with E-state index in [1.54, 1.807) is 17.3 Å². The first-order valence-corrected chi connectivity index (χ1v) is 10.6. The van der Waals surface area contributed by atoms with Crippen LogP contribution in [0, 0.1) is 0 Å². The lowest BCUT2D eigenvalue weighted by Gasteiger charge is -2.43. The fraction of sp³-hybridized carbons (Fsp3) is 0.647. The first-order chi connectivity index (χ1) is 12.0. The molecule has 0 aromatic carbocycles. The van der Waals surface area contributed by atoms with Crippen LogP contribution in [-0.4, -0.2) is 72.6 Å². The van der Waals surface area contributed by atoms with Crippen LogP contribution in [-0.2, 0) is 21.1 Å². The standard InChI is InChI=1S/C17H25N3O4S/c1-2-3-10-24-17(21)20-9-8-19(11-14-4-6-18-7-5-14)15-12-25(22,23)13-16(15)20/h4-7,15-16H,2-3,8-13H2,1H3/t15-,16+/m1/s1. The van der Waals surface area contributed by atoms with Crippen LogP contribution in [0.3, 0.4) is 0 Å². The number of aromatic nitrogens is 1. The van der Waals surface area contributed by atoms with Gasteiger partial charge in [0.25, 0.3) is 0 Å². The van der Waals surface area contributed by atoms with E-state index in [2.05, 4.69) is 9.88 Å². The molecule has 2 atom stereocenters. The quantitative estimate of drug-likeness (QED) is 0.730. The lowest BCUT2D eigenvalue weighted by molar-refractivity contribution is 0.0265. The Morgan fingerprint density at radius 1 is 1.24 bits per heavy atom. The number of amides is 1. The number of piperazine rings is 1. The zero-order valence-corrected chi connectivity index (χ0v) is 15.3. The Morgan fingerprint density at radius 2 is 1.96 bits per heavy atom. The molecule has 7 nitrogen and oxygen atoms in total. The smallest absolute Gasteiger partial charge is 0.410 e. The molecular formula is C17H25N3O4S. The Balaban J connectivity index is 1.72. The molecule has 2 aliphatic rings. The SMILES string of the molecule is CCCCOC(=O)N1CCN(Cc2ccncc2)[C@@H]2CS(=O)(=O)C[C@@H]21. The first kappa shape index (κ1) is 18.1. The fourth-order valence-electron chi connectivity index (χ4n) is 3.56. The van der Waals surface area contributed by atoms with Crippen molar-refractivity contribution < 1.29 is 17.9 Å². The molecule has 25 heavy (non-hydrogen) atoms.